The van der Waals surface area contributed by atoms with Crippen molar-refractivity contribution in [3.05, 3.63) is 0 Å². The summed E-state index contributed by atoms with van der Waals surface area (Å²) in [4.78, 5) is 13.7. The number of carbonyl (C=O) groups excluding carboxylic acids is 1. The van der Waals surface area contributed by atoms with Gasteiger partial charge in [-0.15, -0.1) is 0 Å². The normalized spacial score (nSPS) is 15.7. The fourth-order valence-corrected chi connectivity index (χ4v) is 1.84. The van der Waals surface area contributed by atoms with Gasteiger partial charge >= 0.3 is 0 Å². The minimum absolute atomic E-state index is 0.192. The minimum Gasteiger partial charge on any atom is -0.382 e. The zero-order chi connectivity index (χ0) is 13.8. The van der Waals surface area contributed by atoms with Gasteiger partial charge in [0.2, 0.25) is 5.91 Å². The van der Waals surface area contributed by atoms with Crippen molar-refractivity contribution < 1.29 is 19.0 Å². The van der Waals surface area contributed by atoms with E-state index < -0.39 is 0 Å². The van der Waals surface area contributed by atoms with Crippen LogP contribution in [0.4, 0.5) is 0 Å². The van der Waals surface area contributed by atoms with E-state index in [-0.39, 0.29) is 5.91 Å². The number of piperazine rings is 1. The molecule has 1 amide bonds. The van der Waals surface area contributed by atoms with Gasteiger partial charge in [0.1, 0.15) is 0 Å². The van der Waals surface area contributed by atoms with Crippen LogP contribution in [0.2, 0.25) is 0 Å². The minimum atomic E-state index is 0.192. The zero-order valence-electron chi connectivity index (χ0n) is 11.9. The van der Waals surface area contributed by atoms with Gasteiger partial charge in [0.05, 0.1) is 26.2 Å². The van der Waals surface area contributed by atoms with Gasteiger partial charge in [-0.05, 0) is 6.42 Å². The molecule has 1 fully saturated rings. The summed E-state index contributed by atoms with van der Waals surface area (Å²) in [5, 5.41) is 3.23. The maximum atomic E-state index is 11.8. The van der Waals surface area contributed by atoms with Gasteiger partial charge in [0.15, 0.2) is 0 Å². The van der Waals surface area contributed by atoms with Gasteiger partial charge in [-0.25, -0.2) is 0 Å². The molecule has 0 bridgehead atoms. The Hall–Kier alpha value is -0.690. The molecule has 0 radical (unpaired) electrons. The molecule has 1 saturated heterocycles. The fraction of sp³-hybridized carbons (Fsp3) is 0.923. The highest BCUT2D eigenvalue weighted by Gasteiger charge is 2.15. The van der Waals surface area contributed by atoms with Crippen LogP contribution < -0.4 is 5.32 Å². The van der Waals surface area contributed by atoms with E-state index in [4.69, 9.17) is 14.2 Å². The van der Waals surface area contributed by atoms with E-state index in [0.717, 1.165) is 32.6 Å². The van der Waals surface area contributed by atoms with Crippen molar-refractivity contribution in [1.82, 2.24) is 10.2 Å². The summed E-state index contributed by atoms with van der Waals surface area (Å²) in [5.74, 6) is 0.192. The van der Waals surface area contributed by atoms with Gasteiger partial charge < -0.3 is 24.4 Å². The number of amides is 1. The second-order valence-corrected chi connectivity index (χ2v) is 4.45. The average molecular weight is 274 g/mol. The first kappa shape index (κ1) is 16.4. The van der Waals surface area contributed by atoms with Crippen molar-refractivity contribution in [2.75, 3.05) is 66.3 Å². The monoisotopic (exact) mass is 274 g/mol. The van der Waals surface area contributed by atoms with Crippen molar-refractivity contribution >= 4 is 5.91 Å². The van der Waals surface area contributed by atoms with Gasteiger partial charge in [-0.1, -0.05) is 0 Å². The van der Waals surface area contributed by atoms with Crippen LogP contribution in [0.5, 0.6) is 0 Å². The lowest BCUT2D eigenvalue weighted by molar-refractivity contribution is -0.132. The third-order valence-corrected chi connectivity index (χ3v) is 2.94. The average Bonchev–Trinajstić information content (AvgIpc) is 2.46. The Morgan fingerprint density at radius 1 is 1.05 bits per heavy atom. The molecule has 6 heteroatoms. The quantitative estimate of drug-likeness (QED) is 0.563. The number of carbonyl (C=O) groups is 1. The van der Waals surface area contributed by atoms with Crippen LogP contribution in [0.1, 0.15) is 12.8 Å². The number of nitrogens with zero attached hydrogens (tertiary/aromatic N) is 1. The molecule has 0 unspecified atom stereocenters. The SMILES string of the molecule is COCCOCCCOCCC(=O)N1CCNCC1. The third kappa shape index (κ3) is 8.15. The number of nitrogens with one attached hydrogen (secondary N) is 1. The van der Waals surface area contributed by atoms with Crippen LogP contribution in [0.25, 0.3) is 0 Å². The topological polar surface area (TPSA) is 60.0 Å². The largest absolute Gasteiger partial charge is 0.382 e. The lowest BCUT2D eigenvalue weighted by Gasteiger charge is -2.27. The van der Waals surface area contributed by atoms with Crippen molar-refractivity contribution in [3.63, 3.8) is 0 Å². The Morgan fingerprint density at radius 2 is 1.74 bits per heavy atom. The van der Waals surface area contributed by atoms with Crippen molar-refractivity contribution in [2.45, 2.75) is 12.8 Å². The summed E-state index contributed by atoms with van der Waals surface area (Å²) in [6, 6.07) is 0. The van der Waals surface area contributed by atoms with E-state index in [1.54, 1.807) is 7.11 Å². The molecule has 1 rings (SSSR count). The van der Waals surface area contributed by atoms with Crippen molar-refractivity contribution in [1.29, 1.82) is 0 Å². The molecule has 0 spiro atoms. The van der Waals surface area contributed by atoms with Crippen LogP contribution in [-0.4, -0.2) is 77.1 Å². The first-order chi connectivity index (χ1) is 9.34. The molecular weight excluding hydrogens is 248 g/mol. The van der Waals surface area contributed by atoms with Gasteiger partial charge in [0, 0.05) is 46.5 Å². The Balaban J connectivity index is 1.86. The highest BCUT2D eigenvalue weighted by Crippen LogP contribution is 1.98. The summed E-state index contributed by atoms with van der Waals surface area (Å²) in [7, 11) is 1.65. The maximum absolute atomic E-state index is 11.8. The standard InChI is InChI=1S/C13H26N2O4/c1-17-11-12-19-9-2-8-18-10-3-13(16)15-6-4-14-5-7-15/h14H,2-12H2,1H3. The van der Waals surface area contributed by atoms with Crippen LogP contribution in [-0.2, 0) is 19.0 Å². The second kappa shape index (κ2) is 11.2. The first-order valence-corrected chi connectivity index (χ1v) is 6.97. The summed E-state index contributed by atoms with van der Waals surface area (Å²) in [5.41, 5.74) is 0. The lowest BCUT2D eigenvalue weighted by Crippen LogP contribution is -2.46. The third-order valence-electron chi connectivity index (χ3n) is 2.94. The van der Waals surface area contributed by atoms with Crippen LogP contribution in [0.15, 0.2) is 0 Å². The van der Waals surface area contributed by atoms with E-state index in [1.807, 2.05) is 4.90 Å². The Kier molecular flexibility index (Phi) is 9.61. The van der Waals surface area contributed by atoms with Gasteiger partial charge in [-0.3, -0.25) is 4.79 Å². The molecule has 0 aromatic carbocycles. The molecule has 112 valence electrons. The lowest BCUT2D eigenvalue weighted by atomic mass is 10.3. The van der Waals surface area contributed by atoms with E-state index >= 15 is 0 Å². The summed E-state index contributed by atoms with van der Waals surface area (Å²) >= 11 is 0. The number of ether oxygens (including phenoxy) is 3. The highest BCUT2D eigenvalue weighted by molar-refractivity contribution is 5.76. The molecule has 0 atom stereocenters. The number of methoxy groups -OCH3 is 1. The van der Waals surface area contributed by atoms with Crippen molar-refractivity contribution in [3.8, 4) is 0 Å². The molecule has 0 aromatic rings. The summed E-state index contributed by atoms with van der Waals surface area (Å²) in [6.45, 7) is 6.48. The molecule has 1 aliphatic heterocycles. The maximum Gasteiger partial charge on any atom is 0.224 e. The smallest absolute Gasteiger partial charge is 0.224 e. The van der Waals surface area contributed by atoms with Crippen LogP contribution in [0.3, 0.4) is 0 Å². The summed E-state index contributed by atoms with van der Waals surface area (Å²) < 4.78 is 15.6. The highest BCUT2D eigenvalue weighted by atomic mass is 16.5. The predicted octanol–water partition coefficient (Wildman–Crippen LogP) is -0.122. The van der Waals surface area contributed by atoms with Crippen LogP contribution >= 0.6 is 0 Å². The molecule has 0 aliphatic carbocycles. The Labute approximate surface area is 115 Å². The Morgan fingerprint density at radius 3 is 2.42 bits per heavy atom. The fourth-order valence-electron chi connectivity index (χ4n) is 1.84. The molecule has 0 aromatic heterocycles. The predicted molar refractivity (Wildman–Crippen MR) is 72.2 cm³/mol. The molecule has 19 heavy (non-hydrogen) atoms. The van der Waals surface area contributed by atoms with Gasteiger partial charge in [0.25, 0.3) is 0 Å². The van der Waals surface area contributed by atoms with E-state index in [0.29, 0.717) is 39.5 Å². The second-order valence-electron chi connectivity index (χ2n) is 4.45. The number of hydrogen-bond acceptors (Lipinski definition) is 5. The van der Waals surface area contributed by atoms with Crippen LogP contribution in [0, 0.1) is 0 Å². The number of rotatable bonds is 10. The molecular formula is C13H26N2O4. The van der Waals surface area contributed by atoms with E-state index in [9.17, 15) is 4.79 Å². The van der Waals surface area contributed by atoms with Gasteiger partial charge in [-0.2, -0.15) is 0 Å². The molecule has 6 nitrogen and oxygen atoms in total. The molecule has 0 saturated carbocycles. The first-order valence-electron chi connectivity index (χ1n) is 6.97. The van der Waals surface area contributed by atoms with E-state index in [2.05, 4.69) is 5.32 Å². The Bertz CT molecular complexity index is 233. The molecule has 1 N–H and O–H groups in total. The van der Waals surface area contributed by atoms with E-state index in [1.165, 1.54) is 0 Å². The number of hydrogen-bond donors (Lipinski definition) is 1. The molecule has 1 aliphatic rings. The summed E-state index contributed by atoms with van der Waals surface area (Å²) in [6.07, 6.45) is 1.33. The molecule has 1 heterocycles. The zero-order valence-corrected chi connectivity index (χ0v) is 11.9. The van der Waals surface area contributed by atoms with Crippen molar-refractivity contribution in [2.24, 2.45) is 0 Å².